The van der Waals surface area contributed by atoms with Crippen LogP contribution in [0, 0.1) is 23.2 Å². The van der Waals surface area contributed by atoms with E-state index in [0.717, 1.165) is 37.1 Å². The van der Waals surface area contributed by atoms with Crippen molar-refractivity contribution in [3.8, 4) is 0 Å². The summed E-state index contributed by atoms with van der Waals surface area (Å²) in [7, 11) is 0. The van der Waals surface area contributed by atoms with Crippen molar-refractivity contribution < 1.29 is 4.79 Å². The molecule has 94 valence electrons. The summed E-state index contributed by atoms with van der Waals surface area (Å²) in [4.78, 5) is 11.8. The van der Waals surface area contributed by atoms with Gasteiger partial charge in [-0.05, 0) is 68.1 Å². The van der Waals surface area contributed by atoms with E-state index in [2.05, 4.69) is 5.32 Å². The van der Waals surface area contributed by atoms with Crippen LogP contribution in [-0.2, 0) is 4.79 Å². The molecule has 0 aromatic rings. The highest BCUT2D eigenvalue weighted by atomic mass is 16.1. The van der Waals surface area contributed by atoms with Crippen LogP contribution in [0.5, 0.6) is 0 Å². The summed E-state index contributed by atoms with van der Waals surface area (Å²) < 4.78 is 0. The van der Waals surface area contributed by atoms with Crippen molar-refractivity contribution in [1.82, 2.24) is 5.32 Å². The highest BCUT2D eigenvalue weighted by Crippen LogP contribution is 2.61. The van der Waals surface area contributed by atoms with Crippen molar-refractivity contribution in [3.05, 3.63) is 0 Å². The summed E-state index contributed by atoms with van der Waals surface area (Å²) >= 11 is 0. The molecule has 2 heteroatoms. The minimum atomic E-state index is 0.214. The van der Waals surface area contributed by atoms with Crippen LogP contribution in [0.4, 0.5) is 0 Å². The molecule has 0 aromatic heterocycles. The Balaban J connectivity index is 1.54. The summed E-state index contributed by atoms with van der Waals surface area (Å²) in [6, 6.07) is 0.214. The molecule has 17 heavy (non-hydrogen) atoms. The van der Waals surface area contributed by atoms with Gasteiger partial charge in [0, 0.05) is 13.0 Å². The minimum absolute atomic E-state index is 0.214. The van der Waals surface area contributed by atoms with Crippen molar-refractivity contribution in [2.24, 2.45) is 23.2 Å². The maximum atomic E-state index is 11.8. The molecule has 5 fully saturated rings. The summed E-state index contributed by atoms with van der Waals surface area (Å²) in [6.07, 6.45) is 10.8. The van der Waals surface area contributed by atoms with Gasteiger partial charge in [-0.3, -0.25) is 4.79 Å². The first-order chi connectivity index (χ1) is 8.22. The third-order valence-electron chi connectivity index (χ3n) is 5.95. The second-order valence-corrected chi connectivity index (χ2v) is 7.34. The average Bonchev–Trinajstić information content (AvgIpc) is 2.61. The van der Waals surface area contributed by atoms with E-state index >= 15 is 0 Å². The number of carbonyl (C=O) groups excluding carboxylic acids is 1. The number of hydrogen-bond acceptors (Lipinski definition) is 2. The zero-order valence-corrected chi connectivity index (χ0v) is 10.6. The van der Waals surface area contributed by atoms with Gasteiger partial charge < -0.3 is 5.32 Å². The van der Waals surface area contributed by atoms with E-state index in [0.29, 0.717) is 11.2 Å². The maximum Gasteiger partial charge on any atom is 0.151 e. The molecule has 1 aliphatic heterocycles. The van der Waals surface area contributed by atoms with Gasteiger partial charge >= 0.3 is 0 Å². The van der Waals surface area contributed by atoms with Gasteiger partial charge in [-0.2, -0.15) is 0 Å². The fraction of sp³-hybridized carbons (Fsp3) is 0.933. The summed E-state index contributed by atoms with van der Waals surface area (Å²) in [5.74, 6) is 3.52. The third kappa shape index (κ3) is 1.68. The molecule has 5 aliphatic rings. The molecule has 4 aliphatic carbocycles. The smallest absolute Gasteiger partial charge is 0.151 e. The van der Waals surface area contributed by atoms with E-state index in [1.165, 1.54) is 38.5 Å². The fourth-order valence-electron chi connectivity index (χ4n) is 5.82. The molecule has 5 rings (SSSR count). The Kier molecular flexibility index (Phi) is 2.21. The molecule has 1 saturated heterocycles. The largest absolute Gasteiger partial charge is 0.307 e. The molecule has 1 heterocycles. The molecule has 1 unspecified atom stereocenters. The van der Waals surface area contributed by atoms with Gasteiger partial charge in [0.2, 0.25) is 0 Å². The minimum Gasteiger partial charge on any atom is -0.307 e. The van der Waals surface area contributed by atoms with Crippen LogP contribution in [-0.4, -0.2) is 18.4 Å². The molecule has 2 nitrogen and oxygen atoms in total. The number of rotatable bonds is 2. The lowest BCUT2D eigenvalue weighted by atomic mass is 9.48. The Morgan fingerprint density at radius 2 is 1.65 bits per heavy atom. The number of Topliss-reactive ketones (excluding diaryl/α,β-unsaturated/α-hetero) is 1. The molecule has 4 saturated carbocycles. The Hall–Kier alpha value is -0.370. The molecular weight excluding hydrogens is 210 g/mol. The van der Waals surface area contributed by atoms with Gasteiger partial charge in [0.1, 0.15) is 0 Å². The quantitative estimate of drug-likeness (QED) is 0.794. The molecule has 0 spiro atoms. The van der Waals surface area contributed by atoms with E-state index in [-0.39, 0.29) is 6.04 Å². The maximum absolute atomic E-state index is 11.8. The number of ketones is 1. The van der Waals surface area contributed by atoms with Crippen molar-refractivity contribution in [2.75, 3.05) is 6.54 Å². The van der Waals surface area contributed by atoms with Crippen LogP contribution in [0.25, 0.3) is 0 Å². The van der Waals surface area contributed by atoms with Crippen LogP contribution in [0.15, 0.2) is 0 Å². The van der Waals surface area contributed by atoms with Gasteiger partial charge in [-0.25, -0.2) is 0 Å². The van der Waals surface area contributed by atoms with Gasteiger partial charge in [0.25, 0.3) is 0 Å². The van der Waals surface area contributed by atoms with Crippen LogP contribution >= 0.6 is 0 Å². The normalized spacial score (nSPS) is 52.4. The molecule has 0 aromatic carbocycles. The predicted octanol–water partition coefficient (Wildman–Crippen LogP) is 2.52. The lowest BCUT2D eigenvalue weighted by molar-refractivity contribution is -0.121. The van der Waals surface area contributed by atoms with Crippen LogP contribution in [0.1, 0.15) is 51.4 Å². The Labute approximate surface area is 104 Å². The number of hydrogen-bond donors (Lipinski definition) is 1. The predicted molar refractivity (Wildman–Crippen MR) is 66.6 cm³/mol. The topological polar surface area (TPSA) is 29.1 Å². The first kappa shape index (κ1) is 10.5. The summed E-state index contributed by atoms with van der Waals surface area (Å²) in [6.45, 7) is 0.926. The number of carbonyl (C=O) groups is 1. The zero-order valence-electron chi connectivity index (χ0n) is 10.6. The lowest BCUT2D eigenvalue weighted by Gasteiger charge is -2.57. The summed E-state index contributed by atoms with van der Waals surface area (Å²) in [5, 5.41) is 3.43. The molecule has 1 N–H and O–H groups in total. The van der Waals surface area contributed by atoms with E-state index in [4.69, 9.17) is 0 Å². The van der Waals surface area contributed by atoms with Crippen LogP contribution in [0.3, 0.4) is 0 Å². The van der Waals surface area contributed by atoms with Crippen LogP contribution in [0.2, 0.25) is 0 Å². The first-order valence-electron chi connectivity index (χ1n) is 7.49. The van der Waals surface area contributed by atoms with Gasteiger partial charge in [0.05, 0.1) is 6.04 Å². The Morgan fingerprint density at radius 1 is 1.06 bits per heavy atom. The van der Waals surface area contributed by atoms with E-state index in [1.807, 2.05) is 0 Å². The average molecular weight is 233 g/mol. The molecule has 1 atom stereocenters. The Bertz CT molecular complexity index is 314. The van der Waals surface area contributed by atoms with Gasteiger partial charge in [-0.15, -0.1) is 0 Å². The molecular formula is C15H23NO. The van der Waals surface area contributed by atoms with Crippen molar-refractivity contribution in [2.45, 2.75) is 57.4 Å². The molecule has 0 amide bonds. The standard InChI is InChI=1S/C15H23NO/c17-14-1-2-16-13(14)9-15-6-10-3-11(7-15)5-12(4-10)8-15/h10-13,16H,1-9H2. The Morgan fingerprint density at radius 3 is 2.12 bits per heavy atom. The van der Waals surface area contributed by atoms with Crippen molar-refractivity contribution >= 4 is 5.78 Å². The second-order valence-electron chi connectivity index (χ2n) is 7.34. The first-order valence-corrected chi connectivity index (χ1v) is 7.49. The molecule has 4 bridgehead atoms. The number of nitrogens with one attached hydrogen (secondary N) is 1. The lowest BCUT2D eigenvalue weighted by Crippen LogP contribution is -2.49. The van der Waals surface area contributed by atoms with E-state index < -0.39 is 0 Å². The fourth-order valence-corrected chi connectivity index (χ4v) is 5.82. The third-order valence-corrected chi connectivity index (χ3v) is 5.95. The van der Waals surface area contributed by atoms with E-state index in [1.54, 1.807) is 0 Å². The monoisotopic (exact) mass is 233 g/mol. The van der Waals surface area contributed by atoms with E-state index in [9.17, 15) is 4.79 Å². The van der Waals surface area contributed by atoms with Crippen molar-refractivity contribution in [3.63, 3.8) is 0 Å². The second kappa shape index (κ2) is 3.57. The summed E-state index contributed by atoms with van der Waals surface area (Å²) in [5.41, 5.74) is 0.562. The molecule has 0 radical (unpaired) electrons. The van der Waals surface area contributed by atoms with Crippen molar-refractivity contribution in [1.29, 1.82) is 0 Å². The van der Waals surface area contributed by atoms with Gasteiger partial charge in [-0.1, -0.05) is 0 Å². The van der Waals surface area contributed by atoms with Gasteiger partial charge in [0.15, 0.2) is 5.78 Å². The zero-order chi connectivity index (χ0) is 11.5. The SMILES string of the molecule is O=C1CCNC1CC12CC3CC(CC(C3)C1)C2. The highest BCUT2D eigenvalue weighted by Gasteiger charge is 2.51. The van der Waals surface area contributed by atoms with Crippen LogP contribution < -0.4 is 5.32 Å². The highest BCUT2D eigenvalue weighted by molar-refractivity contribution is 5.86.